The van der Waals surface area contributed by atoms with Crippen molar-refractivity contribution in [1.29, 1.82) is 0 Å². The molecule has 5 aromatic rings. The van der Waals surface area contributed by atoms with Crippen LogP contribution in [0.1, 0.15) is 36.7 Å². The third-order valence-electron chi connectivity index (χ3n) is 5.75. The van der Waals surface area contributed by atoms with Crippen molar-refractivity contribution >= 4 is 59.9 Å². The van der Waals surface area contributed by atoms with Gasteiger partial charge in [0.05, 0.1) is 17.1 Å². The highest BCUT2D eigenvalue weighted by Crippen LogP contribution is 2.23. The lowest BCUT2D eigenvalue weighted by molar-refractivity contribution is 0.665. The molecular weight excluding hydrogens is 556 g/mol. The Morgan fingerprint density at radius 2 is 1.71 bits per heavy atom. The summed E-state index contributed by atoms with van der Waals surface area (Å²) in [5.74, 6) is 0.673. The summed E-state index contributed by atoms with van der Waals surface area (Å²) < 4.78 is 5.54. The Labute approximate surface area is 214 Å². The summed E-state index contributed by atoms with van der Waals surface area (Å²) in [6.07, 6.45) is 3.85. The maximum absolute atomic E-state index is 13.3. The Morgan fingerprint density at radius 1 is 0.971 bits per heavy atom. The summed E-state index contributed by atoms with van der Waals surface area (Å²) >= 11 is 6.95. The second-order valence-corrected chi connectivity index (χ2v) is 10.3. The van der Waals surface area contributed by atoms with E-state index in [0.717, 1.165) is 32.0 Å². The molecule has 2 heterocycles. The maximum atomic E-state index is 13.3. The van der Waals surface area contributed by atoms with E-state index in [9.17, 15) is 4.79 Å². The minimum absolute atomic E-state index is 0.0386. The smallest absolute Gasteiger partial charge is 0.282 e. The molecule has 0 aliphatic carbocycles. The lowest BCUT2D eigenvalue weighted by Gasteiger charge is -2.11. The molecule has 5 rings (SSSR count). The van der Waals surface area contributed by atoms with Gasteiger partial charge in [-0.05, 0) is 42.0 Å². The summed E-state index contributed by atoms with van der Waals surface area (Å²) in [7, 11) is 0. The quantitative estimate of drug-likeness (QED) is 0.213. The van der Waals surface area contributed by atoms with E-state index < -0.39 is 0 Å². The Morgan fingerprint density at radius 3 is 2.47 bits per heavy atom. The van der Waals surface area contributed by atoms with E-state index in [2.05, 4.69) is 72.0 Å². The summed E-state index contributed by atoms with van der Waals surface area (Å²) in [6, 6.07) is 22.1. The second kappa shape index (κ2) is 9.31. The second-order valence-electron chi connectivity index (χ2n) is 8.50. The van der Waals surface area contributed by atoms with Crippen LogP contribution >= 0.6 is 31.9 Å². The van der Waals surface area contributed by atoms with E-state index in [1.807, 2.05) is 50.2 Å². The summed E-state index contributed by atoms with van der Waals surface area (Å²) in [5.41, 5.74) is 3.77. The van der Waals surface area contributed by atoms with Crippen LogP contribution in [0, 0.1) is 0 Å². The molecule has 34 heavy (non-hydrogen) atoms. The molecule has 0 saturated carbocycles. The molecule has 0 atom stereocenters. The number of hydrogen-bond donors (Lipinski definition) is 0. The highest BCUT2D eigenvalue weighted by atomic mass is 79.9. The van der Waals surface area contributed by atoms with Crippen molar-refractivity contribution < 1.29 is 0 Å². The predicted octanol–water partition coefficient (Wildman–Crippen LogP) is 6.93. The zero-order valence-electron chi connectivity index (χ0n) is 18.7. The maximum Gasteiger partial charge on any atom is 0.282 e. The van der Waals surface area contributed by atoms with Crippen LogP contribution < -0.4 is 5.56 Å². The lowest BCUT2D eigenvalue weighted by Crippen LogP contribution is -2.23. The van der Waals surface area contributed by atoms with Crippen LogP contribution in [0.25, 0.3) is 21.8 Å². The van der Waals surface area contributed by atoms with Crippen LogP contribution in [0.5, 0.6) is 0 Å². The van der Waals surface area contributed by atoms with E-state index in [1.54, 1.807) is 12.3 Å². The number of para-hydroxylation sites is 1. The van der Waals surface area contributed by atoms with Gasteiger partial charge in [0.15, 0.2) is 0 Å². The van der Waals surface area contributed by atoms with Gasteiger partial charge in [-0.1, -0.05) is 76.0 Å². The molecule has 0 fully saturated rings. The number of fused-ring (bicyclic) bond motifs is 2. The van der Waals surface area contributed by atoms with Gasteiger partial charge in [-0.25, -0.2) is 4.98 Å². The van der Waals surface area contributed by atoms with Crippen LogP contribution in [0.2, 0.25) is 0 Å². The highest BCUT2D eigenvalue weighted by molar-refractivity contribution is 9.10. The summed E-state index contributed by atoms with van der Waals surface area (Å²) in [6.45, 7) is 4.77. The standard InChI is InChI=1S/C27H22Br2N4O/c1-17(2)26-31-24-12-11-21(29)13-23(24)27(34)33(26)30-14-19-16-32(25-6-4-3-5-22(19)25)15-18-7-9-20(28)10-8-18/h3-14,16-17H,15H2,1-2H3. The van der Waals surface area contributed by atoms with Crippen LogP contribution in [0.3, 0.4) is 0 Å². The van der Waals surface area contributed by atoms with Crippen molar-refractivity contribution in [2.24, 2.45) is 5.10 Å². The molecule has 0 bridgehead atoms. The normalized spacial score (nSPS) is 11.9. The van der Waals surface area contributed by atoms with Gasteiger partial charge in [-0.2, -0.15) is 9.78 Å². The molecule has 0 aliphatic heterocycles. The van der Waals surface area contributed by atoms with Gasteiger partial charge in [0.1, 0.15) is 5.82 Å². The van der Waals surface area contributed by atoms with Crippen molar-refractivity contribution in [2.75, 3.05) is 0 Å². The molecule has 0 N–H and O–H groups in total. The number of benzene rings is 3. The zero-order valence-corrected chi connectivity index (χ0v) is 21.9. The van der Waals surface area contributed by atoms with E-state index in [4.69, 9.17) is 4.98 Å². The fourth-order valence-electron chi connectivity index (χ4n) is 4.07. The van der Waals surface area contributed by atoms with Crippen molar-refractivity contribution in [3.8, 4) is 0 Å². The molecule has 0 amide bonds. The molecule has 0 saturated heterocycles. The van der Waals surface area contributed by atoms with E-state index in [-0.39, 0.29) is 11.5 Å². The van der Waals surface area contributed by atoms with Gasteiger partial charge in [-0.15, -0.1) is 0 Å². The number of hydrogen-bond acceptors (Lipinski definition) is 3. The Balaban J connectivity index is 1.61. The topological polar surface area (TPSA) is 52.2 Å². The van der Waals surface area contributed by atoms with Gasteiger partial charge in [0.25, 0.3) is 5.56 Å². The largest absolute Gasteiger partial charge is 0.342 e. The number of halogens is 2. The Kier molecular flexibility index (Phi) is 6.23. The highest BCUT2D eigenvalue weighted by Gasteiger charge is 2.14. The summed E-state index contributed by atoms with van der Waals surface area (Å²) in [5, 5.41) is 6.26. The number of rotatable bonds is 5. The van der Waals surface area contributed by atoms with Crippen LogP contribution in [-0.2, 0) is 6.54 Å². The van der Waals surface area contributed by atoms with Crippen LogP contribution in [-0.4, -0.2) is 20.4 Å². The van der Waals surface area contributed by atoms with Gasteiger partial charge >= 0.3 is 0 Å². The average molecular weight is 578 g/mol. The number of nitrogens with zero attached hydrogens (tertiary/aromatic N) is 4. The van der Waals surface area contributed by atoms with Crippen LogP contribution in [0.15, 0.2) is 91.8 Å². The van der Waals surface area contributed by atoms with E-state index in [0.29, 0.717) is 16.7 Å². The molecule has 0 aliphatic rings. The van der Waals surface area contributed by atoms with E-state index >= 15 is 0 Å². The fourth-order valence-corrected chi connectivity index (χ4v) is 4.69. The molecule has 0 radical (unpaired) electrons. The first-order valence-electron chi connectivity index (χ1n) is 11.0. The molecule has 0 unspecified atom stereocenters. The average Bonchev–Trinajstić information content (AvgIpc) is 3.17. The predicted molar refractivity (Wildman–Crippen MR) is 146 cm³/mol. The fraction of sp³-hybridized carbons (Fsp3) is 0.148. The molecule has 7 heteroatoms. The van der Waals surface area contributed by atoms with Crippen molar-refractivity contribution in [2.45, 2.75) is 26.3 Å². The molecule has 170 valence electrons. The van der Waals surface area contributed by atoms with Crippen molar-refractivity contribution in [3.63, 3.8) is 0 Å². The third-order valence-corrected chi connectivity index (χ3v) is 6.77. The number of aromatic nitrogens is 3. The Hall–Kier alpha value is -3.03. The minimum Gasteiger partial charge on any atom is -0.342 e. The first-order chi connectivity index (χ1) is 16.4. The SMILES string of the molecule is CC(C)c1nc2ccc(Br)cc2c(=O)n1N=Cc1cn(Cc2ccc(Br)cc2)c2ccccc12. The molecule has 2 aromatic heterocycles. The van der Waals surface area contributed by atoms with Crippen LogP contribution in [0.4, 0.5) is 0 Å². The zero-order chi connectivity index (χ0) is 23.8. The van der Waals surface area contributed by atoms with E-state index in [1.165, 1.54) is 10.2 Å². The minimum atomic E-state index is -0.176. The molecular formula is C27H22Br2N4O. The van der Waals surface area contributed by atoms with Gasteiger partial charge in [0, 0.05) is 44.1 Å². The van der Waals surface area contributed by atoms with Crippen molar-refractivity contribution in [3.05, 3.63) is 109 Å². The van der Waals surface area contributed by atoms with Gasteiger partial charge < -0.3 is 4.57 Å². The first kappa shape index (κ1) is 22.7. The monoisotopic (exact) mass is 576 g/mol. The first-order valence-corrected chi connectivity index (χ1v) is 12.6. The molecule has 5 nitrogen and oxygen atoms in total. The van der Waals surface area contributed by atoms with Gasteiger partial charge in [-0.3, -0.25) is 4.79 Å². The van der Waals surface area contributed by atoms with Gasteiger partial charge in [0.2, 0.25) is 0 Å². The van der Waals surface area contributed by atoms with Crippen molar-refractivity contribution in [1.82, 2.24) is 14.2 Å². The molecule has 0 spiro atoms. The molecule has 3 aromatic carbocycles. The third kappa shape index (κ3) is 4.38. The summed E-state index contributed by atoms with van der Waals surface area (Å²) in [4.78, 5) is 18.1. The lowest BCUT2D eigenvalue weighted by atomic mass is 10.2. The Bertz CT molecular complexity index is 1600.